The zero-order valence-corrected chi connectivity index (χ0v) is 14.7. The zero-order chi connectivity index (χ0) is 20.1. The molecule has 3 rings (SSSR count). The molecule has 0 saturated carbocycles. The van der Waals surface area contributed by atoms with Crippen LogP contribution in [0, 0.1) is 11.6 Å². The van der Waals surface area contributed by atoms with E-state index in [4.69, 9.17) is 14.9 Å². The van der Waals surface area contributed by atoms with Crippen molar-refractivity contribution in [1.82, 2.24) is 4.98 Å². The molecule has 0 unspecified atom stereocenters. The molecule has 1 heterocycles. The monoisotopic (exact) mass is 386 g/mol. The molecule has 0 aliphatic heterocycles. The average molecular weight is 386 g/mol. The molecule has 2 N–H and O–H groups in total. The Kier molecular flexibility index (Phi) is 5.78. The van der Waals surface area contributed by atoms with Gasteiger partial charge in [0, 0.05) is 18.1 Å². The number of rotatable bonds is 7. The number of primary amides is 1. The Morgan fingerprint density at radius 2 is 1.96 bits per heavy atom. The molecule has 0 radical (unpaired) electrons. The molecule has 0 spiro atoms. The minimum absolute atomic E-state index is 0.00135. The third kappa shape index (κ3) is 4.79. The highest BCUT2D eigenvalue weighted by molar-refractivity contribution is 5.92. The number of halogens is 2. The van der Waals surface area contributed by atoms with Crippen LogP contribution in [0.4, 0.5) is 8.78 Å². The van der Waals surface area contributed by atoms with Gasteiger partial charge in [-0.1, -0.05) is 12.1 Å². The molecule has 0 atom stereocenters. The molecule has 1 amide bonds. The lowest BCUT2D eigenvalue weighted by molar-refractivity contribution is -0.145. The number of carbonyl (C=O) groups excluding carboxylic acids is 2. The molecule has 0 bridgehead atoms. The molecular formula is C20H16F2N2O4. The van der Waals surface area contributed by atoms with Crippen molar-refractivity contribution in [2.75, 3.05) is 0 Å². The van der Waals surface area contributed by atoms with Crippen LogP contribution in [0.15, 0.2) is 53.1 Å². The molecular weight excluding hydrogens is 370 g/mol. The Balaban J connectivity index is 1.53. The van der Waals surface area contributed by atoms with Crippen molar-refractivity contribution >= 4 is 11.9 Å². The number of amides is 1. The van der Waals surface area contributed by atoms with Crippen molar-refractivity contribution in [3.05, 3.63) is 77.3 Å². The number of oxazole rings is 1. The van der Waals surface area contributed by atoms with Crippen molar-refractivity contribution < 1.29 is 27.5 Å². The molecule has 3 aromatic rings. The first-order valence-electron chi connectivity index (χ1n) is 8.37. The minimum atomic E-state index is -0.764. The van der Waals surface area contributed by atoms with Crippen molar-refractivity contribution in [2.24, 2.45) is 5.73 Å². The molecule has 28 heavy (non-hydrogen) atoms. The van der Waals surface area contributed by atoms with Crippen molar-refractivity contribution in [2.45, 2.75) is 19.4 Å². The summed E-state index contributed by atoms with van der Waals surface area (Å²) in [5, 5.41) is 0. The van der Waals surface area contributed by atoms with Crippen LogP contribution in [0.5, 0.6) is 0 Å². The number of nitrogens with two attached hydrogens (primary N) is 1. The molecule has 8 heteroatoms. The first-order chi connectivity index (χ1) is 13.4. The molecule has 0 saturated heterocycles. The molecule has 6 nitrogen and oxygen atoms in total. The van der Waals surface area contributed by atoms with Gasteiger partial charge in [-0.2, -0.15) is 0 Å². The number of hydrogen-bond acceptors (Lipinski definition) is 5. The second-order valence-electron chi connectivity index (χ2n) is 5.97. The first-order valence-corrected chi connectivity index (χ1v) is 8.37. The Morgan fingerprint density at radius 1 is 1.14 bits per heavy atom. The highest BCUT2D eigenvalue weighted by Gasteiger charge is 2.13. The van der Waals surface area contributed by atoms with E-state index in [1.165, 1.54) is 12.3 Å². The summed E-state index contributed by atoms with van der Waals surface area (Å²) in [4.78, 5) is 27.0. The summed E-state index contributed by atoms with van der Waals surface area (Å²) in [6.07, 6.45) is 1.47. The summed E-state index contributed by atoms with van der Waals surface area (Å²) in [5.41, 5.74) is 6.25. The lowest BCUT2D eigenvalue weighted by Gasteiger charge is -2.05. The quantitative estimate of drug-likeness (QED) is 0.628. The number of aryl methyl sites for hydroxylation is 1. The maximum absolute atomic E-state index is 13.8. The molecule has 0 fully saturated rings. The van der Waals surface area contributed by atoms with Gasteiger partial charge in [-0.3, -0.25) is 9.59 Å². The van der Waals surface area contributed by atoms with Gasteiger partial charge in [0.2, 0.25) is 5.91 Å². The Hall–Kier alpha value is -3.55. The predicted molar refractivity (Wildman–Crippen MR) is 94.9 cm³/mol. The highest BCUT2D eigenvalue weighted by Crippen LogP contribution is 2.24. The third-order valence-corrected chi connectivity index (χ3v) is 3.90. The second kappa shape index (κ2) is 8.43. The SMILES string of the molecule is NC(=O)c1cccc(COC(=O)CCc2ncc(-c3ccc(F)cc3F)o2)c1. The van der Waals surface area contributed by atoms with Gasteiger partial charge in [0.05, 0.1) is 18.2 Å². The standard InChI is InChI=1S/C20H16F2N2O4/c21-14-4-5-15(16(22)9-14)17-10-24-18(28-17)6-7-19(25)27-11-12-2-1-3-13(8-12)20(23)26/h1-5,8-10H,6-7,11H2,(H2,23,26). The predicted octanol–water partition coefficient (Wildman–Crippen LogP) is 3.39. The second-order valence-corrected chi connectivity index (χ2v) is 5.97. The Labute approximate surface area is 158 Å². The van der Waals surface area contributed by atoms with Gasteiger partial charge in [-0.15, -0.1) is 0 Å². The third-order valence-electron chi connectivity index (χ3n) is 3.90. The summed E-state index contributed by atoms with van der Waals surface area (Å²) in [5.74, 6) is -2.14. The van der Waals surface area contributed by atoms with Gasteiger partial charge in [-0.25, -0.2) is 13.8 Å². The first kappa shape index (κ1) is 19.2. The van der Waals surface area contributed by atoms with Crippen molar-refractivity contribution in [3.8, 4) is 11.3 Å². The molecule has 0 aliphatic carbocycles. The van der Waals surface area contributed by atoms with E-state index in [9.17, 15) is 18.4 Å². The smallest absolute Gasteiger partial charge is 0.306 e. The normalized spacial score (nSPS) is 10.6. The van der Waals surface area contributed by atoms with Crippen LogP contribution in [-0.4, -0.2) is 16.9 Å². The lowest BCUT2D eigenvalue weighted by Crippen LogP contribution is -2.11. The molecule has 1 aromatic heterocycles. The van der Waals surface area contributed by atoms with Crippen LogP contribution >= 0.6 is 0 Å². The maximum Gasteiger partial charge on any atom is 0.306 e. The fourth-order valence-electron chi connectivity index (χ4n) is 2.50. The fourth-order valence-corrected chi connectivity index (χ4v) is 2.50. The topological polar surface area (TPSA) is 95.4 Å². The number of aromatic nitrogens is 1. The van der Waals surface area contributed by atoms with E-state index in [1.807, 2.05) is 0 Å². The summed E-state index contributed by atoms with van der Waals surface area (Å²) < 4.78 is 37.3. The van der Waals surface area contributed by atoms with Crippen LogP contribution in [-0.2, 0) is 22.6 Å². The van der Waals surface area contributed by atoms with E-state index in [-0.39, 0.29) is 36.7 Å². The van der Waals surface area contributed by atoms with E-state index >= 15 is 0 Å². The molecule has 0 aliphatic rings. The zero-order valence-electron chi connectivity index (χ0n) is 14.7. The largest absolute Gasteiger partial charge is 0.461 e. The van der Waals surface area contributed by atoms with Gasteiger partial charge in [0.1, 0.15) is 18.2 Å². The van der Waals surface area contributed by atoms with Crippen LogP contribution in [0.25, 0.3) is 11.3 Å². The van der Waals surface area contributed by atoms with Crippen molar-refractivity contribution in [3.63, 3.8) is 0 Å². The number of carbonyl (C=O) groups is 2. The van der Waals surface area contributed by atoms with E-state index < -0.39 is 23.5 Å². The Morgan fingerprint density at radius 3 is 2.71 bits per heavy atom. The molecule has 2 aromatic carbocycles. The number of benzene rings is 2. The highest BCUT2D eigenvalue weighted by atomic mass is 19.1. The van der Waals surface area contributed by atoms with Gasteiger partial charge in [-0.05, 0) is 29.8 Å². The average Bonchev–Trinajstić information content (AvgIpc) is 3.13. The summed E-state index contributed by atoms with van der Waals surface area (Å²) >= 11 is 0. The van der Waals surface area contributed by atoms with E-state index in [2.05, 4.69) is 4.98 Å². The summed E-state index contributed by atoms with van der Waals surface area (Å²) in [7, 11) is 0. The summed E-state index contributed by atoms with van der Waals surface area (Å²) in [6.45, 7) is -0.00240. The summed E-state index contributed by atoms with van der Waals surface area (Å²) in [6, 6.07) is 9.59. The fraction of sp³-hybridized carbons (Fsp3) is 0.150. The van der Waals surface area contributed by atoms with Gasteiger partial charge < -0.3 is 14.9 Å². The van der Waals surface area contributed by atoms with E-state index in [0.29, 0.717) is 11.1 Å². The van der Waals surface area contributed by atoms with E-state index in [0.717, 1.165) is 12.1 Å². The van der Waals surface area contributed by atoms with E-state index in [1.54, 1.807) is 24.3 Å². The maximum atomic E-state index is 13.8. The molecule has 144 valence electrons. The van der Waals surface area contributed by atoms with Gasteiger partial charge in [0.15, 0.2) is 11.7 Å². The lowest BCUT2D eigenvalue weighted by atomic mass is 10.1. The number of esters is 1. The van der Waals surface area contributed by atoms with Crippen molar-refractivity contribution in [1.29, 1.82) is 0 Å². The number of hydrogen-bond donors (Lipinski definition) is 1. The van der Waals surface area contributed by atoms with Gasteiger partial charge >= 0.3 is 5.97 Å². The van der Waals surface area contributed by atoms with Gasteiger partial charge in [0.25, 0.3) is 0 Å². The minimum Gasteiger partial charge on any atom is -0.461 e. The van der Waals surface area contributed by atoms with Crippen LogP contribution in [0.2, 0.25) is 0 Å². The Bertz CT molecular complexity index is 1020. The van der Waals surface area contributed by atoms with Crippen LogP contribution < -0.4 is 5.73 Å². The number of nitrogens with zero attached hydrogens (tertiary/aromatic N) is 1. The van der Waals surface area contributed by atoms with Crippen LogP contribution in [0.3, 0.4) is 0 Å². The van der Waals surface area contributed by atoms with Crippen LogP contribution in [0.1, 0.15) is 28.2 Å². The number of ether oxygens (including phenoxy) is 1.